The molecule has 0 radical (unpaired) electrons. The van der Waals surface area contributed by atoms with E-state index in [0.29, 0.717) is 9.37 Å². The summed E-state index contributed by atoms with van der Waals surface area (Å²) < 4.78 is 27.3. The Morgan fingerprint density at radius 1 is 1.24 bits per heavy atom. The van der Waals surface area contributed by atoms with Gasteiger partial charge in [-0.25, -0.2) is 8.78 Å². The normalized spacial score (nSPS) is 10.4. The summed E-state index contributed by atoms with van der Waals surface area (Å²) in [5.41, 5.74) is 5.90. The van der Waals surface area contributed by atoms with Crippen molar-refractivity contribution in [2.45, 2.75) is 4.90 Å². The van der Waals surface area contributed by atoms with Crippen LogP contribution in [0.15, 0.2) is 45.8 Å². The van der Waals surface area contributed by atoms with E-state index in [0.717, 1.165) is 11.8 Å². The van der Waals surface area contributed by atoms with Crippen molar-refractivity contribution in [2.75, 3.05) is 16.8 Å². The van der Waals surface area contributed by atoms with Gasteiger partial charge in [-0.05, 0) is 36.4 Å². The van der Waals surface area contributed by atoms with E-state index in [4.69, 9.17) is 5.73 Å². The zero-order valence-corrected chi connectivity index (χ0v) is 13.1. The molecule has 0 spiro atoms. The highest BCUT2D eigenvalue weighted by Gasteiger charge is 2.09. The minimum absolute atomic E-state index is 0.0262. The molecule has 110 valence electrons. The summed E-state index contributed by atoms with van der Waals surface area (Å²) in [5.74, 6) is -1.35. The van der Waals surface area contributed by atoms with Crippen LogP contribution in [-0.2, 0) is 4.79 Å². The van der Waals surface area contributed by atoms with Crippen LogP contribution in [0.25, 0.3) is 0 Å². The molecule has 0 saturated heterocycles. The SMILES string of the molecule is Nc1cc(F)cc(SCC(=O)Nc2ccc(Br)cc2F)c1. The number of amides is 1. The number of thioether (sulfide) groups is 1. The summed E-state index contributed by atoms with van der Waals surface area (Å²) in [7, 11) is 0. The van der Waals surface area contributed by atoms with E-state index in [1.807, 2.05) is 0 Å². The first-order chi connectivity index (χ1) is 9.94. The van der Waals surface area contributed by atoms with E-state index in [2.05, 4.69) is 21.2 Å². The first-order valence-electron chi connectivity index (χ1n) is 5.88. The van der Waals surface area contributed by atoms with E-state index in [1.165, 1.54) is 24.3 Å². The number of carbonyl (C=O) groups is 1. The minimum atomic E-state index is -0.530. The van der Waals surface area contributed by atoms with Gasteiger partial charge in [-0.3, -0.25) is 4.79 Å². The molecule has 1 amide bonds. The second kappa shape index (κ2) is 6.91. The molecule has 21 heavy (non-hydrogen) atoms. The maximum Gasteiger partial charge on any atom is 0.234 e. The number of rotatable bonds is 4. The van der Waals surface area contributed by atoms with E-state index in [1.54, 1.807) is 12.1 Å². The maximum atomic E-state index is 13.6. The van der Waals surface area contributed by atoms with Crippen LogP contribution in [0, 0.1) is 11.6 Å². The van der Waals surface area contributed by atoms with E-state index in [9.17, 15) is 13.6 Å². The molecule has 0 saturated carbocycles. The summed E-state index contributed by atoms with van der Waals surface area (Å²) in [6.45, 7) is 0. The average molecular weight is 373 g/mol. The van der Waals surface area contributed by atoms with Gasteiger partial charge in [0.15, 0.2) is 0 Å². The molecule has 0 unspecified atom stereocenters. The van der Waals surface area contributed by atoms with Gasteiger partial charge in [0.2, 0.25) is 5.91 Å². The monoisotopic (exact) mass is 372 g/mol. The number of benzene rings is 2. The Hall–Kier alpha value is -1.60. The molecule has 0 fully saturated rings. The predicted molar refractivity (Wildman–Crippen MR) is 84.3 cm³/mol. The fraction of sp³-hybridized carbons (Fsp3) is 0.0714. The van der Waals surface area contributed by atoms with E-state index in [-0.39, 0.29) is 23.0 Å². The lowest BCUT2D eigenvalue weighted by molar-refractivity contribution is -0.113. The Labute approximate surface area is 133 Å². The number of nitrogens with one attached hydrogen (secondary N) is 1. The van der Waals surface area contributed by atoms with Crippen molar-refractivity contribution in [3.05, 3.63) is 52.5 Å². The molecular weight excluding hydrogens is 362 g/mol. The van der Waals surface area contributed by atoms with Crippen molar-refractivity contribution in [3.63, 3.8) is 0 Å². The topological polar surface area (TPSA) is 55.1 Å². The van der Waals surface area contributed by atoms with Crippen molar-refractivity contribution in [1.29, 1.82) is 0 Å². The van der Waals surface area contributed by atoms with Crippen molar-refractivity contribution in [3.8, 4) is 0 Å². The van der Waals surface area contributed by atoms with E-state index >= 15 is 0 Å². The second-order valence-electron chi connectivity index (χ2n) is 4.18. The van der Waals surface area contributed by atoms with Gasteiger partial charge in [-0.2, -0.15) is 0 Å². The van der Waals surface area contributed by atoms with Gasteiger partial charge in [0.1, 0.15) is 11.6 Å². The number of hydrogen-bond acceptors (Lipinski definition) is 3. The first kappa shape index (κ1) is 15.8. The van der Waals surface area contributed by atoms with Crippen LogP contribution < -0.4 is 11.1 Å². The lowest BCUT2D eigenvalue weighted by Crippen LogP contribution is -2.15. The molecule has 0 atom stereocenters. The van der Waals surface area contributed by atoms with Crippen LogP contribution >= 0.6 is 27.7 Å². The molecule has 0 aliphatic rings. The van der Waals surface area contributed by atoms with Gasteiger partial charge in [0.25, 0.3) is 0 Å². The Morgan fingerprint density at radius 3 is 2.67 bits per heavy atom. The number of nitrogen functional groups attached to an aromatic ring is 1. The zero-order chi connectivity index (χ0) is 15.4. The zero-order valence-electron chi connectivity index (χ0n) is 10.7. The van der Waals surface area contributed by atoms with Crippen LogP contribution in [0.5, 0.6) is 0 Å². The third-order valence-electron chi connectivity index (χ3n) is 2.47. The Morgan fingerprint density at radius 2 is 2.00 bits per heavy atom. The molecule has 2 aromatic carbocycles. The van der Waals surface area contributed by atoms with Gasteiger partial charge in [0.05, 0.1) is 11.4 Å². The number of nitrogens with two attached hydrogens (primary N) is 1. The maximum absolute atomic E-state index is 13.6. The van der Waals surface area contributed by atoms with Crippen LogP contribution in [0.1, 0.15) is 0 Å². The summed E-state index contributed by atoms with van der Waals surface area (Å²) in [6, 6.07) is 8.40. The van der Waals surface area contributed by atoms with Gasteiger partial charge in [0, 0.05) is 15.1 Å². The smallest absolute Gasteiger partial charge is 0.234 e. The molecular formula is C14H11BrF2N2OS. The standard InChI is InChI=1S/C14H11BrF2N2OS/c15-8-1-2-13(12(17)3-8)19-14(20)7-21-11-5-9(16)4-10(18)6-11/h1-6H,7,18H2,(H,19,20). The summed E-state index contributed by atoms with van der Waals surface area (Å²) >= 11 is 4.25. The lowest BCUT2D eigenvalue weighted by Gasteiger charge is -2.07. The number of hydrogen-bond donors (Lipinski definition) is 2. The molecule has 0 bridgehead atoms. The molecule has 2 aromatic rings. The summed E-state index contributed by atoms with van der Waals surface area (Å²) in [6.07, 6.45) is 0. The van der Waals surface area contributed by atoms with Crippen LogP contribution in [0.2, 0.25) is 0 Å². The van der Waals surface area contributed by atoms with Gasteiger partial charge < -0.3 is 11.1 Å². The molecule has 0 aliphatic carbocycles. The first-order valence-corrected chi connectivity index (χ1v) is 7.65. The third kappa shape index (κ3) is 4.71. The van der Waals surface area contributed by atoms with Gasteiger partial charge >= 0.3 is 0 Å². The molecule has 2 rings (SSSR count). The Bertz CT molecular complexity index is 662. The Balaban J connectivity index is 1.95. The molecule has 3 nitrogen and oxygen atoms in total. The van der Waals surface area contributed by atoms with Gasteiger partial charge in [-0.15, -0.1) is 11.8 Å². The van der Waals surface area contributed by atoms with E-state index < -0.39 is 11.6 Å². The summed E-state index contributed by atoms with van der Waals surface area (Å²) in [5, 5.41) is 2.46. The van der Waals surface area contributed by atoms with Crippen molar-refractivity contribution in [2.24, 2.45) is 0 Å². The van der Waals surface area contributed by atoms with Crippen molar-refractivity contribution >= 4 is 45.0 Å². The molecule has 0 aromatic heterocycles. The molecule has 3 N–H and O–H groups in total. The second-order valence-corrected chi connectivity index (χ2v) is 6.15. The number of carbonyl (C=O) groups excluding carboxylic acids is 1. The van der Waals surface area contributed by atoms with Gasteiger partial charge in [-0.1, -0.05) is 15.9 Å². The quantitative estimate of drug-likeness (QED) is 0.628. The third-order valence-corrected chi connectivity index (χ3v) is 3.94. The van der Waals surface area contributed by atoms with Crippen molar-refractivity contribution in [1.82, 2.24) is 0 Å². The fourth-order valence-corrected chi connectivity index (χ4v) is 2.71. The Kier molecular flexibility index (Phi) is 5.19. The highest BCUT2D eigenvalue weighted by molar-refractivity contribution is 9.10. The van der Waals surface area contributed by atoms with Crippen molar-refractivity contribution < 1.29 is 13.6 Å². The molecule has 0 aliphatic heterocycles. The minimum Gasteiger partial charge on any atom is -0.399 e. The predicted octanol–water partition coefficient (Wildman–Crippen LogP) is 4.04. The lowest BCUT2D eigenvalue weighted by atomic mass is 10.3. The van der Waals surface area contributed by atoms with Crippen LogP contribution in [0.3, 0.4) is 0 Å². The molecule has 7 heteroatoms. The van der Waals surface area contributed by atoms with Crippen LogP contribution in [-0.4, -0.2) is 11.7 Å². The molecule has 0 heterocycles. The van der Waals surface area contributed by atoms with Crippen LogP contribution in [0.4, 0.5) is 20.2 Å². The average Bonchev–Trinajstić information content (AvgIpc) is 2.39. The number of halogens is 3. The number of anilines is 2. The fourth-order valence-electron chi connectivity index (χ4n) is 1.59. The summed E-state index contributed by atoms with van der Waals surface area (Å²) in [4.78, 5) is 12.3. The highest BCUT2D eigenvalue weighted by atomic mass is 79.9. The largest absolute Gasteiger partial charge is 0.399 e. The highest BCUT2D eigenvalue weighted by Crippen LogP contribution is 2.23.